The van der Waals surface area contributed by atoms with Gasteiger partial charge in [0, 0.05) is 13.1 Å². The number of nitrogens with one attached hydrogen (secondary N) is 1. The van der Waals surface area contributed by atoms with Crippen molar-refractivity contribution in [2.45, 2.75) is 62.9 Å². The normalized spacial score (nSPS) is 29.6. The average molecular weight is 336 g/mol. The summed E-state index contributed by atoms with van der Waals surface area (Å²) in [6.07, 6.45) is 7.38. The Morgan fingerprint density at radius 3 is 2.58 bits per heavy atom. The van der Waals surface area contributed by atoms with Crippen LogP contribution in [0.25, 0.3) is 0 Å². The zero-order chi connectivity index (χ0) is 17.3. The third-order valence-corrected chi connectivity index (χ3v) is 6.09. The molecule has 2 unspecified atom stereocenters. The third kappa shape index (κ3) is 2.79. The van der Waals surface area contributed by atoms with Gasteiger partial charge in [0.2, 0.25) is 5.91 Å². The first kappa shape index (κ1) is 17.2. The molecule has 1 aliphatic heterocycles. The first-order valence-electron chi connectivity index (χ1n) is 9.09. The number of amides is 4. The molecule has 3 rings (SSSR count). The standard InChI is InChI=1S/C17H28N4O3/c1-20-16(24)21(15(23)17(20)8-3-2-4-9-17)11-14(22)19-13-7-5-6-12(13)10-18/h12-13H,2-11,18H2,1H3,(H,19,22). The topological polar surface area (TPSA) is 95.7 Å². The van der Waals surface area contributed by atoms with E-state index in [2.05, 4.69) is 5.32 Å². The highest BCUT2D eigenvalue weighted by Gasteiger charge is 2.55. The number of hydrogen-bond acceptors (Lipinski definition) is 4. The van der Waals surface area contributed by atoms with Gasteiger partial charge in [0.05, 0.1) is 0 Å². The second kappa shape index (κ2) is 6.70. The van der Waals surface area contributed by atoms with E-state index in [9.17, 15) is 14.4 Å². The van der Waals surface area contributed by atoms with Crippen molar-refractivity contribution in [3.05, 3.63) is 0 Å². The average Bonchev–Trinajstić information content (AvgIpc) is 3.10. The maximum absolute atomic E-state index is 12.9. The van der Waals surface area contributed by atoms with Gasteiger partial charge in [-0.1, -0.05) is 25.7 Å². The Balaban J connectivity index is 1.65. The molecule has 0 bridgehead atoms. The van der Waals surface area contributed by atoms with Crippen LogP contribution in [0.3, 0.4) is 0 Å². The molecule has 3 N–H and O–H groups in total. The van der Waals surface area contributed by atoms with E-state index in [0.717, 1.165) is 43.4 Å². The lowest BCUT2D eigenvalue weighted by molar-refractivity contribution is -0.137. The Morgan fingerprint density at radius 1 is 1.21 bits per heavy atom. The van der Waals surface area contributed by atoms with Gasteiger partial charge in [0.15, 0.2) is 0 Å². The lowest BCUT2D eigenvalue weighted by Gasteiger charge is -2.35. The lowest BCUT2D eigenvalue weighted by atomic mass is 9.81. The fourth-order valence-electron chi connectivity index (χ4n) is 4.58. The molecule has 0 aromatic heterocycles. The van der Waals surface area contributed by atoms with Gasteiger partial charge >= 0.3 is 6.03 Å². The SMILES string of the molecule is CN1C(=O)N(CC(=O)NC2CCCC2CN)C(=O)C12CCCCC2. The Hall–Kier alpha value is -1.63. The predicted octanol–water partition coefficient (Wildman–Crippen LogP) is 0.827. The Morgan fingerprint density at radius 2 is 1.92 bits per heavy atom. The summed E-state index contributed by atoms with van der Waals surface area (Å²) in [5, 5.41) is 2.97. The van der Waals surface area contributed by atoms with Crippen LogP contribution < -0.4 is 11.1 Å². The molecule has 7 heteroatoms. The minimum atomic E-state index is -0.719. The number of carbonyl (C=O) groups is 3. The minimum absolute atomic E-state index is 0.0664. The van der Waals surface area contributed by atoms with Crippen molar-refractivity contribution >= 4 is 17.8 Å². The molecule has 2 atom stereocenters. The van der Waals surface area contributed by atoms with Gasteiger partial charge in [-0.2, -0.15) is 0 Å². The molecule has 7 nitrogen and oxygen atoms in total. The monoisotopic (exact) mass is 336 g/mol. The van der Waals surface area contributed by atoms with Crippen LogP contribution in [0.1, 0.15) is 51.4 Å². The van der Waals surface area contributed by atoms with E-state index in [0.29, 0.717) is 25.3 Å². The largest absolute Gasteiger partial charge is 0.351 e. The van der Waals surface area contributed by atoms with Crippen LogP contribution in [-0.4, -0.2) is 59.4 Å². The van der Waals surface area contributed by atoms with Crippen LogP contribution in [0.15, 0.2) is 0 Å². The van der Waals surface area contributed by atoms with E-state index < -0.39 is 5.54 Å². The molecule has 2 saturated carbocycles. The van der Waals surface area contributed by atoms with Gasteiger partial charge < -0.3 is 16.0 Å². The molecular formula is C17H28N4O3. The molecule has 134 valence electrons. The highest BCUT2D eigenvalue weighted by Crippen LogP contribution is 2.39. The van der Waals surface area contributed by atoms with Crippen molar-refractivity contribution in [3.63, 3.8) is 0 Å². The number of hydrogen-bond donors (Lipinski definition) is 2. The summed E-state index contributed by atoms with van der Waals surface area (Å²) in [5.41, 5.74) is 5.02. The first-order valence-corrected chi connectivity index (χ1v) is 9.09. The van der Waals surface area contributed by atoms with E-state index >= 15 is 0 Å². The third-order valence-electron chi connectivity index (χ3n) is 6.09. The summed E-state index contributed by atoms with van der Waals surface area (Å²) < 4.78 is 0. The van der Waals surface area contributed by atoms with Crippen LogP contribution >= 0.6 is 0 Å². The molecular weight excluding hydrogens is 308 g/mol. The number of nitrogens with zero attached hydrogens (tertiary/aromatic N) is 2. The highest BCUT2D eigenvalue weighted by molar-refractivity contribution is 6.08. The molecule has 4 amide bonds. The predicted molar refractivity (Wildman–Crippen MR) is 89.0 cm³/mol. The second-order valence-electron chi connectivity index (χ2n) is 7.43. The second-order valence-corrected chi connectivity index (χ2v) is 7.43. The van der Waals surface area contributed by atoms with Gasteiger partial charge in [-0.15, -0.1) is 0 Å². The molecule has 3 aliphatic rings. The van der Waals surface area contributed by atoms with E-state index in [-0.39, 0.29) is 30.4 Å². The summed E-state index contributed by atoms with van der Waals surface area (Å²) in [4.78, 5) is 40.4. The van der Waals surface area contributed by atoms with Gasteiger partial charge in [-0.05, 0) is 38.1 Å². The molecule has 1 heterocycles. The first-order chi connectivity index (χ1) is 11.5. The molecule has 1 saturated heterocycles. The summed E-state index contributed by atoms with van der Waals surface area (Å²) in [7, 11) is 1.69. The maximum atomic E-state index is 12.9. The lowest BCUT2D eigenvalue weighted by Crippen LogP contribution is -2.50. The van der Waals surface area contributed by atoms with Crippen molar-refractivity contribution in [3.8, 4) is 0 Å². The van der Waals surface area contributed by atoms with E-state index in [1.807, 2.05) is 0 Å². The van der Waals surface area contributed by atoms with E-state index in [1.165, 1.54) is 0 Å². The van der Waals surface area contributed by atoms with Crippen LogP contribution in [0.2, 0.25) is 0 Å². The van der Waals surface area contributed by atoms with Crippen LogP contribution in [0.5, 0.6) is 0 Å². The number of likely N-dealkylation sites (N-methyl/N-ethyl adjacent to an activating group) is 1. The molecule has 1 spiro atoms. The van der Waals surface area contributed by atoms with Gasteiger partial charge in [0.25, 0.3) is 5.91 Å². The van der Waals surface area contributed by atoms with Crippen LogP contribution in [0.4, 0.5) is 4.79 Å². The van der Waals surface area contributed by atoms with Crippen LogP contribution in [0, 0.1) is 5.92 Å². The minimum Gasteiger partial charge on any atom is -0.351 e. The van der Waals surface area contributed by atoms with Crippen LogP contribution in [-0.2, 0) is 9.59 Å². The smallest absolute Gasteiger partial charge is 0.327 e. The van der Waals surface area contributed by atoms with Crippen molar-refractivity contribution in [1.82, 2.24) is 15.1 Å². The van der Waals surface area contributed by atoms with E-state index in [4.69, 9.17) is 5.73 Å². The summed E-state index contributed by atoms with van der Waals surface area (Å²) >= 11 is 0. The van der Waals surface area contributed by atoms with Gasteiger partial charge in [-0.25, -0.2) is 4.79 Å². The summed E-state index contributed by atoms with van der Waals surface area (Å²) in [5.74, 6) is -0.166. The molecule has 0 radical (unpaired) electrons. The van der Waals surface area contributed by atoms with Gasteiger partial charge in [-0.3, -0.25) is 14.5 Å². The molecule has 24 heavy (non-hydrogen) atoms. The fourth-order valence-corrected chi connectivity index (χ4v) is 4.58. The summed E-state index contributed by atoms with van der Waals surface area (Å²) in [6, 6.07) is -0.282. The zero-order valence-electron chi connectivity index (χ0n) is 14.4. The zero-order valence-corrected chi connectivity index (χ0v) is 14.4. The van der Waals surface area contributed by atoms with Crippen molar-refractivity contribution in [2.24, 2.45) is 11.7 Å². The number of imide groups is 1. The number of carbonyl (C=O) groups excluding carboxylic acids is 3. The molecule has 2 aliphatic carbocycles. The Bertz CT molecular complexity index is 530. The van der Waals surface area contributed by atoms with Gasteiger partial charge in [0.1, 0.15) is 12.1 Å². The highest BCUT2D eigenvalue weighted by atomic mass is 16.2. The molecule has 0 aromatic carbocycles. The Kier molecular flexibility index (Phi) is 4.80. The molecule has 0 aromatic rings. The van der Waals surface area contributed by atoms with E-state index in [1.54, 1.807) is 11.9 Å². The molecule has 3 fully saturated rings. The fraction of sp³-hybridized carbons (Fsp3) is 0.824. The number of urea groups is 1. The van der Waals surface area contributed by atoms with Crippen molar-refractivity contribution < 1.29 is 14.4 Å². The summed E-state index contributed by atoms with van der Waals surface area (Å²) in [6.45, 7) is 0.371. The number of nitrogens with two attached hydrogens (primary N) is 1. The Labute approximate surface area is 142 Å². The quantitative estimate of drug-likeness (QED) is 0.743. The van der Waals surface area contributed by atoms with Crippen molar-refractivity contribution in [1.29, 1.82) is 0 Å². The maximum Gasteiger partial charge on any atom is 0.327 e. The number of rotatable bonds is 4. The van der Waals surface area contributed by atoms with Crippen molar-refractivity contribution in [2.75, 3.05) is 20.1 Å².